The number of hydrogen-bond acceptors (Lipinski definition) is 9. The molecule has 0 atom stereocenters. The summed E-state index contributed by atoms with van der Waals surface area (Å²) in [5.41, 5.74) is 0.882. The van der Waals surface area contributed by atoms with Gasteiger partial charge in [-0.1, -0.05) is 6.07 Å². The van der Waals surface area contributed by atoms with E-state index in [9.17, 15) is 8.42 Å². The molecule has 2 aliphatic rings. The largest absolute Gasteiger partial charge is 0.454 e. The molecule has 0 amide bonds. The van der Waals surface area contributed by atoms with Crippen LogP contribution in [0.1, 0.15) is 15.3 Å². The molecule has 0 radical (unpaired) electrons. The zero-order chi connectivity index (χ0) is 22.6. The number of nitrogens with one attached hydrogen (secondary N) is 2. The fraction of sp³-hybridized carbons (Fsp3) is 0.400. The van der Waals surface area contributed by atoms with Crippen molar-refractivity contribution < 1.29 is 17.9 Å². The molecule has 0 aliphatic carbocycles. The lowest BCUT2D eigenvalue weighted by atomic mass is 10.2. The van der Waals surface area contributed by atoms with Gasteiger partial charge in [-0.3, -0.25) is 9.98 Å². The van der Waals surface area contributed by atoms with E-state index in [1.165, 1.54) is 9.75 Å². The zero-order valence-corrected chi connectivity index (χ0v) is 20.3. The summed E-state index contributed by atoms with van der Waals surface area (Å²) < 4.78 is 39.4. The van der Waals surface area contributed by atoms with Gasteiger partial charge in [-0.2, -0.15) is 20.2 Å². The maximum atomic E-state index is 11.9. The molecule has 2 aromatic rings. The van der Waals surface area contributed by atoms with E-state index in [4.69, 9.17) is 9.47 Å². The van der Waals surface area contributed by atoms with Crippen LogP contribution in [-0.2, 0) is 29.1 Å². The summed E-state index contributed by atoms with van der Waals surface area (Å²) >= 11 is 3.59. The van der Waals surface area contributed by atoms with Gasteiger partial charge in [0.15, 0.2) is 23.2 Å². The summed E-state index contributed by atoms with van der Waals surface area (Å²) in [5, 5.41) is 0. The Kier molecular flexibility index (Phi) is 7.23. The Labute approximate surface area is 196 Å². The monoisotopic (exact) mass is 495 g/mol. The van der Waals surface area contributed by atoms with Crippen molar-refractivity contribution in [2.75, 3.05) is 33.2 Å². The van der Waals surface area contributed by atoms with Crippen LogP contribution in [0.3, 0.4) is 0 Å². The van der Waals surface area contributed by atoms with E-state index in [0.717, 1.165) is 23.6 Å². The van der Waals surface area contributed by atoms with Gasteiger partial charge in [0.2, 0.25) is 6.79 Å². The van der Waals surface area contributed by atoms with Crippen LogP contribution in [0.2, 0.25) is 0 Å². The summed E-state index contributed by atoms with van der Waals surface area (Å²) in [6.45, 7) is 1.93. The Morgan fingerprint density at radius 3 is 2.62 bits per heavy atom. The molecule has 1 saturated heterocycles. The van der Waals surface area contributed by atoms with Gasteiger partial charge in [-0.05, 0) is 43.9 Å². The maximum Gasteiger partial charge on any atom is 0.324 e. The van der Waals surface area contributed by atoms with Crippen molar-refractivity contribution >= 4 is 45.0 Å². The molecule has 4 rings (SSSR count). The van der Waals surface area contributed by atoms with Crippen molar-refractivity contribution in [3.63, 3.8) is 0 Å². The van der Waals surface area contributed by atoms with Crippen LogP contribution in [0.4, 0.5) is 0 Å². The van der Waals surface area contributed by atoms with Gasteiger partial charge in [0, 0.05) is 27.8 Å². The van der Waals surface area contributed by atoms with Crippen molar-refractivity contribution in [3.8, 4) is 11.5 Å². The lowest BCUT2D eigenvalue weighted by Crippen LogP contribution is -2.24. The minimum atomic E-state index is -3.67. The summed E-state index contributed by atoms with van der Waals surface area (Å²) in [7, 11) is 0.456. The van der Waals surface area contributed by atoms with Crippen molar-refractivity contribution in [3.05, 3.63) is 45.6 Å². The molecule has 12 heteroatoms. The minimum Gasteiger partial charge on any atom is -0.454 e. The molecule has 1 aromatic heterocycles. The van der Waals surface area contributed by atoms with E-state index in [2.05, 4.69) is 50.6 Å². The third-order valence-corrected chi connectivity index (χ3v) is 7.65. The molecule has 1 fully saturated rings. The first-order valence-electron chi connectivity index (χ1n) is 9.96. The van der Waals surface area contributed by atoms with Gasteiger partial charge in [0.25, 0.3) is 0 Å². The fourth-order valence-corrected chi connectivity index (χ4v) is 6.05. The second kappa shape index (κ2) is 10.1. The molecule has 9 nitrogen and oxygen atoms in total. The number of nitrogens with zero attached hydrogens (tertiary/aromatic N) is 3. The Morgan fingerprint density at radius 2 is 1.81 bits per heavy atom. The first-order valence-corrected chi connectivity index (χ1v) is 13.4. The van der Waals surface area contributed by atoms with Gasteiger partial charge in [-0.15, -0.1) is 11.3 Å². The highest BCUT2D eigenvalue weighted by atomic mass is 32.2. The maximum absolute atomic E-state index is 11.9. The Bertz CT molecular complexity index is 1130. The number of ether oxygens (including phenoxy) is 2. The van der Waals surface area contributed by atoms with E-state index < -0.39 is 10.2 Å². The second-order valence-electron chi connectivity index (χ2n) is 7.45. The summed E-state index contributed by atoms with van der Waals surface area (Å²) in [6.07, 6.45) is 0. The summed E-state index contributed by atoms with van der Waals surface area (Å²) in [6, 6.07) is 9.86. The Morgan fingerprint density at radius 1 is 1.06 bits per heavy atom. The number of amidine groups is 2. The Balaban J connectivity index is 1.30. The SMILES string of the molecule is CN(C)Cc1ccc(CSCCN=C2NS(=O)(=O)NC2=NCc2ccc3c(c2)OCO3)s1. The number of rotatable bonds is 9. The highest BCUT2D eigenvalue weighted by Gasteiger charge is 2.28. The number of benzene rings is 1. The zero-order valence-electron chi connectivity index (χ0n) is 17.8. The average molecular weight is 496 g/mol. The van der Waals surface area contributed by atoms with Gasteiger partial charge >= 0.3 is 10.2 Å². The van der Waals surface area contributed by atoms with Crippen molar-refractivity contribution in [2.45, 2.75) is 18.8 Å². The van der Waals surface area contributed by atoms with E-state index in [-0.39, 0.29) is 25.0 Å². The van der Waals surface area contributed by atoms with Crippen LogP contribution < -0.4 is 18.9 Å². The molecule has 2 aliphatic heterocycles. The second-order valence-corrected chi connectivity index (χ2v) is 11.2. The van der Waals surface area contributed by atoms with Crippen LogP contribution in [0.25, 0.3) is 0 Å². The van der Waals surface area contributed by atoms with Crippen molar-refractivity contribution in [1.82, 2.24) is 14.3 Å². The molecule has 0 unspecified atom stereocenters. The standard InChI is InChI=1S/C20H25N5O4S3/c1-25(2)11-15-4-5-16(31-15)12-30-8-7-21-19-20(24-32(26,27)23-19)22-10-14-3-6-17-18(9-14)29-13-28-17/h3-6,9H,7-8,10-13H2,1-2H3,(H,21,23)(H,22,24). The minimum absolute atomic E-state index is 0.204. The topological polar surface area (TPSA) is 105 Å². The molecule has 32 heavy (non-hydrogen) atoms. The van der Waals surface area contributed by atoms with Crippen molar-refractivity contribution in [1.29, 1.82) is 0 Å². The predicted octanol–water partition coefficient (Wildman–Crippen LogP) is 2.21. The van der Waals surface area contributed by atoms with Crippen LogP contribution >= 0.6 is 23.1 Å². The summed E-state index contributed by atoms with van der Waals surface area (Å²) in [5.74, 6) is 3.52. The molecule has 0 spiro atoms. The molecule has 2 N–H and O–H groups in total. The summed E-state index contributed by atoms with van der Waals surface area (Å²) in [4.78, 5) is 13.6. The first-order chi connectivity index (χ1) is 15.4. The average Bonchev–Trinajstić information content (AvgIpc) is 3.44. The number of thioether (sulfide) groups is 1. The first kappa shape index (κ1) is 22.9. The van der Waals surface area contributed by atoms with Crippen LogP contribution in [0.15, 0.2) is 40.3 Å². The van der Waals surface area contributed by atoms with E-state index in [1.54, 1.807) is 11.8 Å². The molecule has 172 valence electrons. The van der Waals surface area contributed by atoms with Crippen LogP contribution in [-0.4, -0.2) is 58.2 Å². The van der Waals surface area contributed by atoms with Gasteiger partial charge in [-0.25, -0.2) is 9.44 Å². The van der Waals surface area contributed by atoms with Crippen molar-refractivity contribution in [2.24, 2.45) is 9.98 Å². The Hall–Kier alpha value is -2.28. The molecule has 1 aromatic carbocycles. The van der Waals surface area contributed by atoms with Crippen LogP contribution in [0, 0.1) is 0 Å². The quantitative estimate of drug-likeness (QED) is 0.517. The molecular weight excluding hydrogens is 470 g/mol. The number of thiophene rings is 1. The van der Waals surface area contributed by atoms with Crippen LogP contribution in [0.5, 0.6) is 11.5 Å². The molecule has 0 bridgehead atoms. The third-order valence-electron chi connectivity index (χ3n) is 4.48. The van der Waals surface area contributed by atoms with E-state index >= 15 is 0 Å². The normalized spacial score (nSPS) is 19.0. The highest BCUT2D eigenvalue weighted by Crippen LogP contribution is 2.32. The fourth-order valence-electron chi connectivity index (χ4n) is 3.09. The predicted molar refractivity (Wildman–Crippen MR) is 129 cm³/mol. The lowest BCUT2D eigenvalue weighted by Gasteiger charge is -2.06. The molecule has 3 heterocycles. The van der Waals surface area contributed by atoms with Gasteiger partial charge in [0.1, 0.15) is 0 Å². The smallest absolute Gasteiger partial charge is 0.324 e. The number of hydrogen-bond donors (Lipinski definition) is 2. The van der Waals surface area contributed by atoms with E-state index in [0.29, 0.717) is 18.0 Å². The third kappa shape index (κ3) is 6.15. The van der Waals surface area contributed by atoms with E-state index in [1.807, 2.05) is 29.5 Å². The van der Waals surface area contributed by atoms with Gasteiger partial charge in [0.05, 0.1) is 13.1 Å². The number of aliphatic imine (C=N–C) groups is 2. The molecular formula is C20H25N5O4S3. The molecule has 0 saturated carbocycles. The number of fused-ring (bicyclic) bond motifs is 1. The highest BCUT2D eigenvalue weighted by molar-refractivity contribution is 7.98. The van der Waals surface area contributed by atoms with Gasteiger partial charge < -0.3 is 14.4 Å². The lowest BCUT2D eigenvalue weighted by molar-refractivity contribution is 0.174.